The van der Waals surface area contributed by atoms with Crippen LogP contribution in [0.15, 0.2) is 11.4 Å². The van der Waals surface area contributed by atoms with Crippen molar-refractivity contribution >= 4 is 39.2 Å². The van der Waals surface area contributed by atoms with Crippen molar-refractivity contribution in [3.63, 3.8) is 0 Å². The lowest BCUT2D eigenvalue weighted by Gasteiger charge is -2.24. The standard InChI is InChI=1S/C12H15N5OS/c1-13-12-16-10(8-4-5-19-11(8)17-12)15-7-2-3-9(18)14-6-7/h4-5,7H,2-3,6H2,1H3,(H,14,18)(H2,13,15,16,17). The number of thiophene rings is 1. The lowest BCUT2D eigenvalue weighted by molar-refractivity contribution is -0.122. The van der Waals surface area contributed by atoms with Crippen LogP contribution in [0.3, 0.4) is 0 Å². The van der Waals surface area contributed by atoms with Gasteiger partial charge in [-0.3, -0.25) is 4.79 Å². The highest BCUT2D eigenvalue weighted by molar-refractivity contribution is 7.16. The van der Waals surface area contributed by atoms with E-state index in [4.69, 9.17) is 0 Å². The minimum atomic E-state index is 0.123. The zero-order valence-electron chi connectivity index (χ0n) is 10.6. The lowest BCUT2D eigenvalue weighted by Crippen LogP contribution is -2.42. The number of hydrogen-bond acceptors (Lipinski definition) is 6. The highest BCUT2D eigenvalue weighted by Gasteiger charge is 2.19. The van der Waals surface area contributed by atoms with Gasteiger partial charge in [0.2, 0.25) is 11.9 Å². The first kappa shape index (κ1) is 12.2. The first-order valence-corrected chi connectivity index (χ1v) is 7.10. The molecule has 3 N–H and O–H groups in total. The Hall–Kier alpha value is -1.89. The van der Waals surface area contributed by atoms with Gasteiger partial charge in [0.1, 0.15) is 10.6 Å². The zero-order chi connectivity index (χ0) is 13.2. The topological polar surface area (TPSA) is 78.9 Å². The Labute approximate surface area is 114 Å². The van der Waals surface area contributed by atoms with Gasteiger partial charge in [-0.15, -0.1) is 11.3 Å². The molecule has 1 aliphatic heterocycles. The minimum Gasteiger partial charge on any atom is -0.365 e. The Balaban J connectivity index is 1.87. The van der Waals surface area contributed by atoms with E-state index in [9.17, 15) is 4.79 Å². The highest BCUT2D eigenvalue weighted by atomic mass is 32.1. The Morgan fingerprint density at radius 2 is 2.37 bits per heavy atom. The van der Waals surface area contributed by atoms with Crippen LogP contribution in [-0.4, -0.2) is 35.5 Å². The summed E-state index contributed by atoms with van der Waals surface area (Å²) in [6.45, 7) is 0.642. The Kier molecular flexibility index (Phi) is 3.20. The van der Waals surface area contributed by atoms with Crippen LogP contribution in [0.4, 0.5) is 11.8 Å². The second kappa shape index (κ2) is 5.00. The van der Waals surface area contributed by atoms with Gasteiger partial charge >= 0.3 is 0 Å². The number of nitrogens with zero attached hydrogens (tertiary/aromatic N) is 2. The number of rotatable bonds is 3. The van der Waals surface area contributed by atoms with Gasteiger partial charge in [0.05, 0.1) is 5.39 Å². The maximum atomic E-state index is 11.2. The van der Waals surface area contributed by atoms with Crippen LogP contribution in [0.25, 0.3) is 10.2 Å². The largest absolute Gasteiger partial charge is 0.365 e. The number of hydrogen-bond donors (Lipinski definition) is 3. The molecular formula is C12H15N5OS. The van der Waals surface area contributed by atoms with E-state index in [1.165, 1.54) is 0 Å². The SMILES string of the molecule is CNc1nc(NC2CCC(=O)NC2)c2ccsc2n1. The number of piperidine rings is 1. The number of carbonyl (C=O) groups excluding carboxylic acids is 1. The molecule has 0 saturated carbocycles. The number of anilines is 2. The van der Waals surface area contributed by atoms with Crippen molar-refractivity contribution in [2.24, 2.45) is 0 Å². The molecule has 1 unspecified atom stereocenters. The van der Waals surface area contributed by atoms with Gasteiger partial charge in [-0.2, -0.15) is 4.98 Å². The van der Waals surface area contributed by atoms with Crippen LogP contribution < -0.4 is 16.0 Å². The monoisotopic (exact) mass is 277 g/mol. The number of aromatic nitrogens is 2. The van der Waals surface area contributed by atoms with E-state index < -0.39 is 0 Å². The molecule has 2 aromatic heterocycles. The molecule has 6 nitrogen and oxygen atoms in total. The Morgan fingerprint density at radius 3 is 3.11 bits per heavy atom. The van der Waals surface area contributed by atoms with Gasteiger partial charge in [-0.25, -0.2) is 4.98 Å². The second-order valence-corrected chi connectivity index (χ2v) is 5.36. The van der Waals surface area contributed by atoms with Gasteiger partial charge in [-0.1, -0.05) is 0 Å². The number of fused-ring (bicyclic) bond motifs is 1. The smallest absolute Gasteiger partial charge is 0.225 e. The van der Waals surface area contributed by atoms with Crippen LogP contribution in [0.2, 0.25) is 0 Å². The van der Waals surface area contributed by atoms with Gasteiger partial charge in [0.25, 0.3) is 0 Å². The number of carbonyl (C=O) groups is 1. The average molecular weight is 277 g/mol. The lowest BCUT2D eigenvalue weighted by atomic mass is 10.1. The van der Waals surface area contributed by atoms with Crippen LogP contribution in [-0.2, 0) is 4.79 Å². The third kappa shape index (κ3) is 2.46. The fourth-order valence-electron chi connectivity index (χ4n) is 2.13. The molecule has 1 saturated heterocycles. The molecule has 0 bridgehead atoms. The zero-order valence-corrected chi connectivity index (χ0v) is 11.4. The Morgan fingerprint density at radius 1 is 1.47 bits per heavy atom. The third-order valence-electron chi connectivity index (χ3n) is 3.16. The summed E-state index contributed by atoms with van der Waals surface area (Å²) in [5.74, 6) is 1.56. The van der Waals surface area contributed by atoms with Crippen molar-refractivity contribution in [1.82, 2.24) is 15.3 Å². The first-order valence-electron chi connectivity index (χ1n) is 6.22. The molecule has 100 valence electrons. The van der Waals surface area contributed by atoms with E-state index in [1.54, 1.807) is 18.4 Å². The molecule has 0 aliphatic carbocycles. The molecule has 19 heavy (non-hydrogen) atoms. The first-order chi connectivity index (χ1) is 9.26. The van der Waals surface area contributed by atoms with Crippen molar-refractivity contribution in [3.8, 4) is 0 Å². The summed E-state index contributed by atoms with van der Waals surface area (Å²) in [6, 6.07) is 2.24. The Bertz CT molecular complexity index is 601. The molecule has 0 aromatic carbocycles. The maximum absolute atomic E-state index is 11.2. The molecule has 7 heteroatoms. The molecule has 1 atom stereocenters. The van der Waals surface area contributed by atoms with Gasteiger partial charge in [-0.05, 0) is 17.9 Å². The fourth-order valence-corrected chi connectivity index (χ4v) is 2.89. The van der Waals surface area contributed by atoms with Gasteiger partial charge < -0.3 is 16.0 Å². The van der Waals surface area contributed by atoms with Gasteiger partial charge in [0, 0.05) is 26.1 Å². The van der Waals surface area contributed by atoms with E-state index in [0.29, 0.717) is 18.9 Å². The predicted octanol–water partition coefficient (Wildman–Crippen LogP) is 1.42. The van der Waals surface area contributed by atoms with Crippen molar-refractivity contribution in [1.29, 1.82) is 0 Å². The molecule has 1 fully saturated rings. The van der Waals surface area contributed by atoms with Crippen LogP contribution in [0.1, 0.15) is 12.8 Å². The third-order valence-corrected chi connectivity index (χ3v) is 3.96. The van der Waals surface area contributed by atoms with E-state index in [1.807, 2.05) is 11.4 Å². The van der Waals surface area contributed by atoms with E-state index in [2.05, 4.69) is 25.9 Å². The summed E-state index contributed by atoms with van der Waals surface area (Å²) < 4.78 is 0. The van der Waals surface area contributed by atoms with Crippen LogP contribution in [0.5, 0.6) is 0 Å². The average Bonchev–Trinajstić information content (AvgIpc) is 2.89. The van der Waals surface area contributed by atoms with Crippen molar-refractivity contribution in [2.45, 2.75) is 18.9 Å². The molecule has 2 aromatic rings. The molecule has 0 spiro atoms. The summed E-state index contributed by atoms with van der Waals surface area (Å²) in [7, 11) is 1.80. The molecule has 0 radical (unpaired) electrons. The fraction of sp³-hybridized carbons (Fsp3) is 0.417. The molecule has 1 amide bonds. The number of amides is 1. The number of nitrogens with one attached hydrogen (secondary N) is 3. The van der Waals surface area contributed by atoms with E-state index in [-0.39, 0.29) is 11.9 Å². The van der Waals surface area contributed by atoms with Gasteiger partial charge in [0.15, 0.2) is 0 Å². The molecule has 3 heterocycles. The quantitative estimate of drug-likeness (QED) is 0.791. The van der Waals surface area contributed by atoms with E-state index in [0.717, 1.165) is 22.5 Å². The summed E-state index contributed by atoms with van der Waals surface area (Å²) in [6.07, 6.45) is 1.39. The minimum absolute atomic E-state index is 0.123. The molecule has 1 aliphatic rings. The summed E-state index contributed by atoms with van der Waals surface area (Å²) in [5, 5.41) is 12.3. The molecular weight excluding hydrogens is 262 g/mol. The van der Waals surface area contributed by atoms with Crippen molar-refractivity contribution < 1.29 is 4.79 Å². The predicted molar refractivity (Wildman–Crippen MR) is 76.6 cm³/mol. The maximum Gasteiger partial charge on any atom is 0.225 e. The summed E-state index contributed by atoms with van der Waals surface area (Å²) >= 11 is 1.59. The van der Waals surface area contributed by atoms with Crippen molar-refractivity contribution in [3.05, 3.63) is 11.4 Å². The van der Waals surface area contributed by atoms with Crippen molar-refractivity contribution in [2.75, 3.05) is 24.2 Å². The van der Waals surface area contributed by atoms with E-state index >= 15 is 0 Å². The highest BCUT2D eigenvalue weighted by Crippen LogP contribution is 2.27. The molecule has 3 rings (SSSR count). The summed E-state index contributed by atoms with van der Waals surface area (Å²) in [5.41, 5.74) is 0. The summed E-state index contributed by atoms with van der Waals surface area (Å²) in [4.78, 5) is 21.0. The van der Waals surface area contributed by atoms with Crippen LogP contribution in [0, 0.1) is 0 Å². The second-order valence-electron chi connectivity index (χ2n) is 4.47. The van der Waals surface area contributed by atoms with Crippen LogP contribution >= 0.6 is 11.3 Å². The normalized spacial score (nSPS) is 19.2.